The molecule has 2 aromatic carbocycles. The zero-order valence-electron chi connectivity index (χ0n) is 12.8. The van der Waals surface area contributed by atoms with Crippen LogP contribution in [0.3, 0.4) is 0 Å². The molecule has 25 heavy (non-hydrogen) atoms. The monoisotopic (exact) mass is 363 g/mol. The highest BCUT2D eigenvalue weighted by molar-refractivity contribution is 6.30. The van der Waals surface area contributed by atoms with Crippen LogP contribution in [0.1, 0.15) is 16.2 Å². The Bertz CT molecular complexity index is 914. The van der Waals surface area contributed by atoms with Crippen LogP contribution in [0.5, 0.6) is 0 Å². The van der Waals surface area contributed by atoms with Crippen molar-refractivity contribution in [3.05, 3.63) is 70.6 Å². The van der Waals surface area contributed by atoms with E-state index < -0.39 is 17.5 Å². The molecule has 0 saturated heterocycles. The van der Waals surface area contributed by atoms with Crippen molar-refractivity contribution in [1.29, 1.82) is 0 Å². The van der Waals surface area contributed by atoms with Crippen LogP contribution in [0.4, 0.5) is 8.78 Å². The van der Waals surface area contributed by atoms with Gasteiger partial charge < -0.3 is 9.84 Å². The molecule has 0 fully saturated rings. The molecule has 8 heteroatoms. The summed E-state index contributed by atoms with van der Waals surface area (Å²) in [6.45, 7) is 0.131. The fraction of sp³-hybridized carbons (Fsp3) is 0.118. The Morgan fingerprint density at radius 3 is 2.80 bits per heavy atom. The molecule has 1 amide bonds. The lowest BCUT2D eigenvalue weighted by Gasteiger charge is -2.04. The number of amides is 1. The Balaban J connectivity index is 1.59. The predicted octanol–water partition coefficient (Wildman–Crippen LogP) is 3.64. The van der Waals surface area contributed by atoms with E-state index in [1.807, 2.05) is 0 Å². The number of hydrogen-bond acceptors (Lipinski definition) is 4. The number of benzene rings is 2. The molecule has 3 aromatic rings. The summed E-state index contributed by atoms with van der Waals surface area (Å²) < 4.78 is 31.8. The fourth-order valence-corrected chi connectivity index (χ4v) is 2.35. The molecule has 0 aliphatic heterocycles. The summed E-state index contributed by atoms with van der Waals surface area (Å²) in [5, 5.41) is 6.87. The summed E-state index contributed by atoms with van der Waals surface area (Å²) in [5.74, 6) is -2.29. The number of aromatic nitrogens is 2. The first-order valence-corrected chi connectivity index (χ1v) is 7.73. The third-order valence-corrected chi connectivity index (χ3v) is 3.61. The Morgan fingerprint density at radius 1 is 1.20 bits per heavy atom. The molecular weight excluding hydrogens is 352 g/mol. The summed E-state index contributed by atoms with van der Waals surface area (Å²) in [7, 11) is 0. The lowest BCUT2D eigenvalue weighted by Crippen LogP contribution is -2.26. The number of hydrogen-bond donors (Lipinski definition) is 1. The minimum Gasteiger partial charge on any atom is -0.351 e. The SMILES string of the molecule is O=C(NCCc1nc(-c2cccc(Cl)c2)no1)c1cccc(F)c1F. The van der Waals surface area contributed by atoms with Gasteiger partial charge in [-0.25, -0.2) is 8.78 Å². The molecule has 3 rings (SSSR count). The molecule has 0 radical (unpaired) electrons. The molecule has 1 N–H and O–H groups in total. The first-order chi connectivity index (χ1) is 12.0. The van der Waals surface area contributed by atoms with E-state index in [9.17, 15) is 13.6 Å². The summed E-state index contributed by atoms with van der Waals surface area (Å²) in [6, 6.07) is 10.4. The summed E-state index contributed by atoms with van der Waals surface area (Å²) in [4.78, 5) is 16.1. The standard InChI is InChI=1S/C17H12ClF2N3O2/c18-11-4-1-3-10(9-11)16-22-14(25-23-16)7-8-21-17(24)12-5-2-6-13(19)15(12)20/h1-6,9H,7-8H2,(H,21,24). The highest BCUT2D eigenvalue weighted by Gasteiger charge is 2.15. The third-order valence-electron chi connectivity index (χ3n) is 3.37. The van der Waals surface area contributed by atoms with E-state index in [2.05, 4.69) is 15.5 Å². The van der Waals surface area contributed by atoms with Crippen molar-refractivity contribution in [2.45, 2.75) is 6.42 Å². The average Bonchev–Trinajstić information content (AvgIpc) is 3.06. The molecule has 0 spiro atoms. The Kier molecular flexibility index (Phi) is 5.04. The van der Waals surface area contributed by atoms with Crippen LogP contribution >= 0.6 is 11.6 Å². The lowest BCUT2D eigenvalue weighted by molar-refractivity contribution is 0.0948. The molecule has 5 nitrogen and oxygen atoms in total. The van der Waals surface area contributed by atoms with Gasteiger partial charge in [0, 0.05) is 23.6 Å². The van der Waals surface area contributed by atoms with Gasteiger partial charge in [0.2, 0.25) is 11.7 Å². The van der Waals surface area contributed by atoms with Gasteiger partial charge in [0.15, 0.2) is 11.6 Å². The largest absolute Gasteiger partial charge is 0.351 e. The van der Waals surface area contributed by atoms with Gasteiger partial charge in [-0.2, -0.15) is 4.98 Å². The zero-order valence-corrected chi connectivity index (χ0v) is 13.6. The number of halogens is 3. The highest BCUT2D eigenvalue weighted by Crippen LogP contribution is 2.20. The second kappa shape index (κ2) is 7.40. The van der Waals surface area contributed by atoms with Crippen LogP contribution in [0, 0.1) is 11.6 Å². The van der Waals surface area contributed by atoms with Gasteiger partial charge in [-0.15, -0.1) is 0 Å². The first-order valence-electron chi connectivity index (χ1n) is 7.35. The van der Waals surface area contributed by atoms with Crippen molar-refractivity contribution < 1.29 is 18.1 Å². The first kappa shape index (κ1) is 17.0. The Labute approximate surface area is 146 Å². The van der Waals surface area contributed by atoms with Crippen LogP contribution < -0.4 is 5.32 Å². The number of carbonyl (C=O) groups is 1. The molecule has 0 bridgehead atoms. The second-order valence-corrected chi connectivity index (χ2v) is 5.57. The number of carbonyl (C=O) groups excluding carboxylic acids is 1. The van der Waals surface area contributed by atoms with E-state index in [0.29, 0.717) is 22.3 Å². The van der Waals surface area contributed by atoms with E-state index >= 15 is 0 Å². The molecule has 0 saturated carbocycles. The average molecular weight is 364 g/mol. The van der Waals surface area contributed by atoms with Gasteiger partial charge in [0.05, 0.1) is 5.56 Å². The van der Waals surface area contributed by atoms with E-state index in [0.717, 1.165) is 6.07 Å². The minimum atomic E-state index is -1.18. The van der Waals surface area contributed by atoms with Gasteiger partial charge in [-0.3, -0.25) is 4.79 Å². The van der Waals surface area contributed by atoms with Crippen LogP contribution in [0.15, 0.2) is 47.0 Å². The molecule has 0 unspecified atom stereocenters. The number of nitrogens with one attached hydrogen (secondary N) is 1. The van der Waals surface area contributed by atoms with Crippen LogP contribution in [-0.2, 0) is 6.42 Å². The maximum absolute atomic E-state index is 13.5. The van der Waals surface area contributed by atoms with Gasteiger partial charge in [0.25, 0.3) is 5.91 Å². The fourth-order valence-electron chi connectivity index (χ4n) is 2.16. The van der Waals surface area contributed by atoms with E-state index in [-0.39, 0.29) is 18.5 Å². The van der Waals surface area contributed by atoms with Gasteiger partial charge >= 0.3 is 0 Å². The van der Waals surface area contributed by atoms with E-state index in [1.165, 1.54) is 12.1 Å². The predicted molar refractivity (Wildman–Crippen MR) is 87.1 cm³/mol. The molecule has 128 valence electrons. The number of nitrogens with zero attached hydrogens (tertiary/aromatic N) is 2. The normalized spacial score (nSPS) is 10.7. The van der Waals surface area contributed by atoms with Crippen molar-refractivity contribution in [2.24, 2.45) is 0 Å². The molecular formula is C17H12ClF2N3O2. The molecule has 0 atom stereocenters. The molecule has 1 heterocycles. The third kappa shape index (κ3) is 4.00. The minimum absolute atomic E-state index is 0.131. The smallest absolute Gasteiger partial charge is 0.254 e. The maximum atomic E-state index is 13.5. The molecule has 1 aromatic heterocycles. The van der Waals surface area contributed by atoms with Crippen LogP contribution in [0.2, 0.25) is 5.02 Å². The van der Waals surface area contributed by atoms with Gasteiger partial charge in [0.1, 0.15) is 0 Å². The molecule has 0 aliphatic carbocycles. The second-order valence-electron chi connectivity index (χ2n) is 5.13. The van der Waals surface area contributed by atoms with Crippen molar-refractivity contribution in [3.8, 4) is 11.4 Å². The Morgan fingerprint density at radius 2 is 2.00 bits per heavy atom. The maximum Gasteiger partial charge on any atom is 0.254 e. The van der Waals surface area contributed by atoms with Crippen molar-refractivity contribution in [3.63, 3.8) is 0 Å². The van der Waals surface area contributed by atoms with Crippen molar-refractivity contribution >= 4 is 17.5 Å². The zero-order chi connectivity index (χ0) is 17.8. The Hall–Kier alpha value is -2.80. The van der Waals surface area contributed by atoms with E-state index in [1.54, 1.807) is 24.3 Å². The van der Waals surface area contributed by atoms with Crippen LogP contribution in [-0.4, -0.2) is 22.6 Å². The van der Waals surface area contributed by atoms with Gasteiger partial charge in [-0.1, -0.05) is 35.0 Å². The lowest BCUT2D eigenvalue weighted by atomic mass is 10.2. The number of rotatable bonds is 5. The quantitative estimate of drug-likeness (QED) is 0.751. The van der Waals surface area contributed by atoms with Crippen molar-refractivity contribution in [1.82, 2.24) is 15.5 Å². The topological polar surface area (TPSA) is 68.0 Å². The summed E-state index contributed by atoms with van der Waals surface area (Å²) in [6.07, 6.45) is 0.246. The van der Waals surface area contributed by atoms with E-state index in [4.69, 9.17) is 16.1 Å². The van der Waals surface area contributed by atoms with Crippen LogP contribution in [0.25, 0.3) is 11.4 Å². The molecule has 0 aliphatic rings. The summed E-state index contributed by atoms with van der Waals surface area (Å²) >= 11 is 5.91. The highest BCUT2D eigenvalue weighted by atomic mass is 35.5. The van der Waals surface area contributed by atoms with Crippen molar-refractivity contribution in [2.75, 3.05) is 6.54 Å². The van der Waals surface area contributed by atoms with Gasteiger partial charge in [-0.05, 0) is 24.3 Å². The summed E-state index contributed by atoms with van der Waals surface area (Å²) in [5.41, 5.74) is 0.346.